The van der Waals surface area contributed by atoms with Gasteiger partial charge in [-0.15, -0.1) is 11.3 Å². The van der Waals surface area contributed by atoms with Crippen molar-refractivity contribution in [2.24, 2.45) is 5.92 Å². The van der Waals surface area contributed by atoms with Crippen molar-refractivity contribution in [1.29, 1.82) is 0 Å². The molecular formula is C23H27N3O2S2. The van der Waals surface area contributed by atoms with Crippen molar-refractivity contribution < 1.29 is 4.79 Å². The highest BCUT2D eigenvalue weighted by Gasteiger charge is 2.26. The van der Waals surface area contributed by atoms with Gasteiger partial charge in [0.25, 0.3) is 5.56 Å². The number of aromatic nitrogens is 2. The van der Waals surface area contributed by atoms with E-state index in [9.17, 15) is 9.59 Å². The zero-order chi connectivity index (χ0) is 21.3. The van der Waals surface area contributed by atoms with E-state index < -0.39 is 0 Å². The summed E-state index contributed by atoms with van der Waals surface area (Å²) in [4.78, 5) is 32.8. The van der Waals surface area contributed by atoms with Gasteiger partial charge in [-0.1, -0.05) is 49.0 Å². The van der Waals surface area contributed by atoms with Gasteiger partial charge in [-0.05, 0) is 49.7 Å². The summed E-state index contributed by atoms with van der Waals surface area (Å²) in [6.45, 7) is 4.67. The normalized spacial score (nSPS) is 17.0. The van der Waals surface area contributed by atoms with E-state index in [1.165, 1.54) is 27.8 Å². The molecule has 0 aliphatic heterocycles. The molecule has 1 aliphatic carbocycles. The standard InChI is InChI=1S/C23H27N3O2S2/c1-14-9-10-17-18(13-14)30-21-19(17)22(28)26(12-11-16-7-5-4-6-8-16)23(25-21)29-15(2)20(27)24-3/h4-8,14-15H,9-13H2,1-3H3,(H,24,27). The summed E-state index contributed by atoms with van der Waals surface area (Å²) in [5.74, 6) is 0.580. The molecule has 4 rings (SSSR count). The molecule has 0 radical (unpaired) electrons. The number of thioether (sulfide) groups is 1. The molecule has 1 aliphatic rings. The van der Waals surface area contributed by atoms with E-state index in [4.69, 9.17) is 4.98 Å². The Balaban J connectivity index is 1.78. The van der Waals surface area contributed by atoms with Crippen molar-refractivity contribution in [2.75, 3.05) is 7.05 Å². The van der Waals surface area contributed by atoms with Crippen molar-refractivity contribution in [3.63, 3.8) is 0 Å². The highest BCUT2D eigenvalue weighted by molar-refractivity contribution is 8.00. The van der Waals surface area contributed by atoms with Crippen LogP contribution in [-0.2, 0) is 30.6 Å². The number of hydrogen-bond donors (Lipinski definition) is 1. The molecule has 2 aromatic heterocycles. The quantitative estimate of drug-likeness (QED) is 0.463. The molecule has 0 bridgehead atoms. The van der Waals surface area contributed by atoms with Crippen LogP contribution in [0.3, 0.4) is 0 Å². The molecule has 7 heteroatoms. The lowest BCUT2D eigenvalue weighted by atomic mass is 9.89. The third-order valence-corrected chi connectivity index (χ3v) is 7.98. The van der Waals surface area contributed by atoms with Crippen molar-refractivity contribution in [3.05, 3.63) is 56.7 Å². The van der Waals surface area contributed by atoms with Crippen molar-refractivity contribution in [3.8, 4) is 0 Å². The maximum atomic E-state index is 13.6. The number of nitrogens with zero attached hydrogens (tertiary/aromatic N) is 2. The van der Waals surface area contributed by atoms with Crippen LogP contribution in [0.4, 0.5) is 0 Å². The van der Waals surface area contributed by atoms with Crippen LogP contribution in [0.2, 0.25) is 0 Å². The largest absolute Gasteiger partial charge is 0.358 e. The van der Waals surface area contributed by atoms with Gasteiger partial charge in [0.1, 0.15) is 4.83 Å². The van der Waals surface area contributed by atoms with Crippen LogP contribution in [0, 0.1) is 5.92 Å². The monoisotopic (exact) mass is 441 g/mol. The first kappa shape index (κ1) is 21.1. The fourth-order valence-electron chi connectivity index (χ4n) is 3.99. The first-order valence-corrected chi connectivity index (χ1v) is 12.1. The number of aryl methyl sites for hydroxylation is 2. The number of benzene rings is 1. The molecule has 1 aromatic carbocycles. The summed E-state index contributed by atoms with van der Waals surface area (Å²) in [5.41, 5.74) is 2.42. The average molecular weight is 442 g/mol. The van der Waals surface area contributed by atoms with E-state index in [1.807, 2.05) is 25.1 Å². The first-order valence-electron chi connectivity index (χ1n) is 10.4. The van der Waals surface area contributed by atoms with E-state index in [2.05, 4.69) is 24.4 Å². The summed E-state index contributed by atoms with van der Waals surface area (Å²) >= 11 is 3.02. The van der Waals surface area contributed by atoms with E-state index in [-0.39, 0.29) is 16.7 Å². The van der Waals surface area contributed by atoms with Crippen LogP contribution in [0.15, 0.2) is 40.3 Å². The maximum absolute atomic E-state index is 13.6. The minimum atomic E-state index is -0.322. The molecule has 3 aromatic rings. The van der Waals surface area contributed by atoms with Gasteiger partial charge in [0.05, 0.1) is 10.6 Å². The number of nitrogens with one attached hydrogen (secondary N) is 1. The number of carbonyl (C=O) groups excluding carboxylic acids is 1. The van der Waals surface area contributed by atoms with Crippen molar-refractivity contribution in [1.82, 2.24) is 14.9 Å². The van der Waals surface area contributed by atoms with Gasteiger partial charge in [-0.25, -0.2) is 4.98 Å². The van der Waals surface area contributed by atoms with Crippen LogP contribution < -0.4 is 10.9 Å². The number of rotatable bonds is 6. The SMILES string of the molecule is CNC(=O)C(C)Sc1nc2sc3c(c2c(=O)n1CCc1ccccc1)CCC(C)C3. The van der Waals surface area contributed by atoms with E-state index >= 15 is 0 Å². The van der Waals surface area contributed by atoms with E-state index in [0.29, 0.717) is 17.6 Å². The number of thiophene rings is 1. The van der Waals surface area contributed by atoms with Gasteiger partial charge in [-0.3, -0.25) is 14.2 Å². The summed E-state index contributed by atoms with van der Waals surface area (Å²) in [6.07, 6.45) is 3.84. The Bertz CT molecular complexity index is 1120. The van der Waals surface area contributed by atoms with Crippen molar-refractivity contribution in [2.45, 2.75) is 56.5 Å². The molecule has 158 valence electrons. The van der Waals surface area contributed by atoms with E-state index in [0.717, 1.165) is 35.9 Å². The second-order valence-electron chi connectivity index (χ2n) is 7.99. The zero-order valence-electron chi connectivity index (χ0n) is 17.6. The lowest BCUT2D eigenvalue weighted by Gasteiger charge is -2.18. The highest BCUT2D eigenvalue weighted by atomic mass is 32.2. The van der Waals surface area contributed by atoms with Crippen LogP contribution in [0.25, 0.3) is 10.2 Å². The number of hydrogen-bond acceptors (Lipinski definition) is 5. The van der Waals surface area contributed by atoms with Gasteiger partial charge in [0.15, 0.2) is 5.16 Å². The highest BCUT2D eigenvalue weighted by Crippen LogP contribution is 2.37. The molecule has 0 saturated heterocycles. The van der Waals surface area contributed by atoms with E-state index in [1.54, 1.807) is 23.0 Å². The third kappa shape index (κ3) is 4.18. The molecule has 30 heavy (non-hydrogen) atoms. The molecule has 0 saturated carbocycles. The average Bonchev–Trinajstić information content (AvgIpc) is 3.10. The van der Waals surface area contributed by atoms with Crippen LogP contribution in [0.1, 0.15) is 36.3 Å². The van der Waals surface area contributed by atoms with Gasteiger partial charge in [0, 0.05) is 18.5 Å². The predicted octanol–water partition coefficient (Wildman–Crippen LogP) is 4.05. The topological polar surface area (TPSA) is 64.0 Å². The van der Waals surface area contributed by atoms with Gasteiger partial charge >= 0.3 is 0 Å². The summed E-state index contributed by atoms with van der Waals surface area (Å²) in [5, 5.41) is 3.79. The van der Waals surface area contributed by atoms with Gasteiger partial charge in [-0.2, -0.15) is 0 Å². The van der Waals surface area contributed by atoms with Crippen LogP contribution >= 0.6 is 23.1 Å². The van der Waals surface area contributed by atoms with Crippen LogP contribution in [-0.4, -0.2) is 27.8 Å². The van der Waals surface area contributed by atoms with Crippen molar-refractivity contribution >= 4 is 39.2 Å². The second-order valence-corrected chi connectivity index (χ2v) is 10.4. The van der Waals surface area contributed by atoms with Crippen LogP contribution in [0.5, 0.6) is 0 Å². The van der Waals surface area contributed by atoms with Gasteiger partial charge in [0.2, 0.25) is 5.91 Å². The molecule has 2 atom stereocenters. The van der Waals surface area contributed by atoms with Gasteiger partial charge < -0.3 is 5.32 Å². The number of fused-ring (bicyclic) bond motifs is 3. The molecule has 0 fully saturated rings. The predicted molar refractivity (Wildman–Crippen MR) is 125 cm³/mol. The maximum Gasteiger partial charge on any atom is 0.263 e. The fourth-order valence-corrected chi connectivity index (χ4v) is 6.41. The third-order valence-electron chi connectivity index (χ3n) is 5.74. The smallest absolute Gasteiger partial charge is 0.263 e. The molecule has 5 nitrogen and oxygen atoms in total. The fraction of sp³-hybridized carbons (Fsp3) is 0.435. The molecule has 2 heterocycles. The zero-order valence-corrected chi connectivity index (χ0v) is 19.2. The Labute approximate surface area is 184 Å². The minimum Gasteiger partial charge on any atom is -0.358 e. The Hall–Kier alpha value is -2.12. The summed E-state index contributed by atoms with van der Waals surface area (Å²) in [6, 6.07) is 10.2. The first-order chi connectivity index (χ1) is 14.5. The molecule has 1 N–H and O–H groups in total. The lowest BCUT2D eigenvalue weighted by molar-refractivity contribution is -0.119. The number of amides is 1. The Kier molecular flexibility index (Phi) is 6.29. The summed E-state index contributed by atoms with van der Waals surface area (Å²) in [7, 11) is 1.63. The molecule has 0 spiro atoms. The molecular weight excluding hydrogens is 414 g/mol. The number of carbonyl (C=O) groups is 1. The Morgan fingerprint density at radius 2 is 2.13 bits per heavy atom. The molecule has 1 amide bonds. The second kappa shape index (κ2) is 8.94. The minimum absolute atomic E-state index is 0.0367. The summed E-state index contributed by atoms with van der Waals surface area (Å²) < 4.78 is 1.78. The molecule has 2 unspecified atom stereocenters. The Morgan fingerprint density at radius 3 is 2.87 bits per heavy atom. The lowest BCUT2D eigenvalue weighted by Crippen LogP contribution is -2.30. The Morgan fingerprint density at radius 1 is 1.37 bits per heavy atom.